The maximum atomic E-state index is 12.6. The Hall–Kier alpha value is -1.38. The number of nitrogens with one attached hydrogen (secondary N) is 2. The molecule has 2 atom stereocenters. The van der Waals surface area contributed by atoms with E-state index < -0.39 is 62.5 Å². The van der Waals surface area contributed by atoms with Crippen LogP contribution in [0.25, 0.3) is 0 Å². The van der Waals surface area contributed by atoms with E-state index in [0.717, 1.165) is 18.4 Å². The zero-order chi connectivity index (χ0) is 24.3. The zero-order valence-corrected chi connectivity index (χ0v) is 22.4. The van der Waals surface area contributed by atoms with Crippen LogP contribution >= 0.6 is 22.9 Å². The van der Waals surface area contributed by atoms with E-state index in [1.165, 1.54) is 5.38 Å². The van der Waals surface area contributed by atoms with E-state index in [1.807, 2.05) is 0 Å². The van der Waals surface area contributed by atoms with Gasteiger partial charge in [0.2, 0.25) is 5.91 Å². The molecule has 0 bridgehead atoms. The van der Waals surface area contributed by atoms with Gasteiger partial charge < -0.3 is 20.0 Å². The number of hydrogen-bond acceptors (Lipinski definition) is 13. The third kappa shape index (κ3) is 7.82. The van der Waals surface area contributed by atoms with Crippen LogP contribution in [-0.4, -0.2) is 92.0 Å². The Morgan fingerprint density at radius 3 is 2.52 bits per heavy atom. The van der Waals surface area contributed by atoms with Gasteiger partial charge in [-0.3, -0.25) is 18.6 Å². The minimum Gasteiger partial charge on any atom is -0.731 e. The molecule has 1 fully saturated rings. The molecule has 20 heteroatoms. The summed E-state index contributed by atoms with van der Waals surface area (Å²) in [6.07, 6.45) is 0.670. The SMILES string of the molecule is CON=C(C(=O)NC1C(=O)N(S(=O)(=O)[O-])C1COS(C)(=O)=O)c1csc(NC(=O)CCl)n1.[Na+]. The Balaban J connectivity index is 0.00000544. The molecule has 1 aliphatic heterocycles. The number of halogens is 1. The van der Waals surface area contributed by atoms with Gasteiger partial charge in [-0.05, 0) is 0 Å². The topological polar surface area (TPSA) is 214 Å². The molecule has 2 N–H and O–H groups in total. The molecule has 1 aromatic heterocycles. The second-order valence-electron chi connectivity index (χ2n) is 5.94. The first kappa shape index (κ1) is 29.7. The molecule has 3 amide bonds. The number of nitrogens with zero attached hydrogens (tertiary/aromatic N) is 3. The van der Waals surface area contributed by atoms with Crippen molar-refractivity contribution in [3.63, 3.8) is 0 Å². The summed E-state index contributed by atoms with van der Waals surface area (Å²) in [6, 6.07) is -3.24. The maximum Gasteiger partial charge on any atom is 1.00 e. The largest absolute Gasteiger partial charge is 1.00 e. The number of hydrogen-bond donors (Lipinski definition) is 2. The van der Waals surface area contributed by atoms with Gasteiger partial charge in [0.15, 0.2) is 21.1 Å². The first-order valence-electron chi connectivity index (χ1n) is 8.15. The third-order valence-electron chi connectivity index (χ3n) is 3.66. The summed E-state index contributed by atoms with van der Waals surface area (Å²) in [5.74, 6) is -3.28. The van der Waals surface area contributed by atoms with E-state index in [4.69, 9.17) is 11.6 Å². The van der Waals surface area contributed by atoms with E-state index in [9.17, 15) is 35.8 Å². The Labute approximate surface area is 219 Å². The Kier molecular flexibility index (Phi) is 10.6. The van der Waals surface area contributed by atoms with Crippen LogP contribution in [0.2, 0.25) is 0 Å². The van der Waals surface area contributed by atoms with Gasteiger partial charge in [0.25, 0.3) is 21.9 Å². The first-order chi connectivity index (χ1) is 14.8. The van der Waals surface area contributed by atoms with Crippen molar-refractivity contribution in [1.82, 2.24) is 14.6 Å². The second kappa shape index (κ2) is 11.8. The van der Waals surface area contributed by atoms with Crippen molar-refractivity contribution in [2.24, 2.45) is 5.16 Å². The number of anilines is 1. The molecule has 0 spiro atoms. The Morgan fingerprint density at radius 1 is 1.36 bits per heavy atom. The molecule has 15 nitrogen and oxygen atoms in total. The molecule has 0 saturated carbocycles. The average Bonchev–Trinajstić information content (AvgIpc) is 3.12. The maximum absolute atomic E-state index is 12.6. The molecule has 1 saturated heterocycles. The van der Waals surface area contributed by atoms with Crippen LogP contribution in [0, 0.1) is 0 Å². The monoisotopic (exact) mass is 555 g/mol. The van der Waals surface area contributed by atoms with Gasteiger partial charge in [-0.2, -0.15) is 8.42 Å². The van der Waals surface area contributed by atoms with E-state index in [-0.39, 0.29) is 50.6 Å². The third-order valence-corrected chi connectivity index (χ3v) is 6.16. The number of thiazole rings is 1. The minimum atomic E-state index is -5.30. The molecule has 0 radical (unpaired) electrons. The van der Waals surface area contributed by atoms with Gasteiger partial charge in [0.05, 0.1) is 12.9 Å². The van der Waals surface area contributed by atoms with Crippen molar-refractivity contribution in [3.05, 3.63) is 11.1 Å². The summed E-state index contributed by atoms with van der Waals surface area (Å²) in [6.45, 7) is -0.904. The summed E-state index contributed by atoms with van der Waals surface area (Å²) >= 11 is 6.30. The van der Waals surface area contributed by atoms with Gasteiger partial charge in [0, 0.05) is 5.38 Å². The van der Waals surface area contributed by atoms with Crippen LogP contribution in [0.15, 0.2) is 10.5 Å². The molecule has 0 aliphatic carbocycles. The molecule has 33 heavy (non-hydrogen) atoms. The smallest absolute Gasteiger partial charge is 0.731 e. The van der Waals surface area contributed by atoms with E-state index in [2.05, 4.69) is 29.8 Å². The summed E-state index contributed by atoms with van der Waals surface area (Å²) in [5.41, 5.74) is -0.544. The van der Waals surface area contributed by atoms with E-state index in [1.54, 1.807) is 0 Å². The van der Waals surface area contributed by atoms with Gasteiger partial charge >= 0.3 is 29.6 Å². The number of carbonyl (C=O) groups excluding carboxylic acids is 3. The normalized spacial score (nSPS) is 18.7. The fourth-order valence-corrected chi connectivity index (χ4v) is 4.42. The fourth-order valence-electron chi connectivity index (χ4n) is 2.41. The molecular formula is C13H15ClN5NaO10S3. The van der Waals surface area contributed by atoms with Gasteiger partial charge in [0.1, 0.15) is 30.8 Å². The number of aromatic nitrogens is 1. The van der Waals surface area contributed by atoms with Crippen molar-refractivity contribution < 1.29 is 74.3 Å². The van der Waals surface area contributed by atoms with Crippen molar-refractivity contribution in [2.75, 3.05) is 31.2 Å². The number of alkyl halides is 1. The number of oxime groups is 1. The number of β-lactam (4-membered cyclic amide) rings is 1. The van der Waals surface area contributed by atoms with Crippen LogP contribution in [0.5, 0.6) is 0 Å². The average molecular weight is 556 g/mol. The van der Waals surface area contributed by atoms with E-state index in [0.29, 0.717) is 6.26 Å². The van der Waals surface area contributed by atoms with Crippen LogP contribution in [-0.2, 0) is 43.8 Å². The van der Waals surface area contributed by atoms with Gasteiger partial charge in [-0.1, -0.05) is 5.16 Å². The quantitative estimate of drug-likeness (QED) is 0.0529. The van der Waals surface area contributed by atoms with Crippen molar-refractivity contribution in [3.8, 4) is 0 Å². The van der Waals surface area contributed by atoms with Gasteiger partial charge in [-0.25, -0.2) is 17.7 Å². The summed E-state index contributed by atoms with van der Waals surface area (Å²) in [4.78, 5) is 44.7. The summed E-state index contributed by atoms with van der Waals surface area (Å²) in [7, 11) is -8.25. The summed E-state index contributed by atoms with van der Waals surface area (Å²) < 4.78 is 60.6. The zero-order valence-electron chi connectivity index (χ0n) is 17.2. The predicted molar refractivity (Wildman–Crippen MR) is 108 cm³/mol. The van der Waals surface area contributed by atoms with Crippen molar-refractivity contribution >= 4 is 71.9 Å². The Bertz CT molecular complexity index is 1160. The van der Waals surface area contributed by atoms with Crippen LogP contribution < -0.4 is 40.2 Å². The molecule has 2 heterocycles. The molecular weight excluding hydrogens is 541 g/mol. The van der Waals surface area contributed by atoms with Crippen LogP contribution in [0.3, 0.4) is 0 Å². The van der Waals surface area contributed by atoms with E-state index >= 15 is 0 Å². The number of amides is 3. The molecule has 178 valence electrons. The van der Waals surface area contributed by atoms with Crippen molar-refractivity contribution in [2.45, 2.75) is 12.1 Å². The number of rotatable bonds is 10. The number of carbonyl (C=O) groups is 3. The summed E-state index contributed by atoms with van der Waals surface area (Å²) in [5, 5.41) is 9.38. The van der Waals surface area contributed by atoms with Crippen molar-refractivity contribution in [1.29, 1.82) is 0 Å². The standard InChI is InChI=1S/C13H16ClN5O10S3.Na/c1-28-18-9(6-5-30-13(15-6)16-8(20)3-14)11(21)17-10-7(4-29-31(2,23)24)19(12(10)22)32(25,26)27;/h5,7,10H,3-4H2,1-2H3,(H,17,21)(H,15,16,20)(H,25,26,27);/q;+1/p-1. The second-order valence-corrected chi connectivity index (χ2v) is 9.96. The Morgan fingerprint density at radius 2 is 2.00 bits per heavy atom. The van der Waals surface area contributed by atoms with Crippen LogP contribution in [0.4, 0.5) is 5.13 Å². The predicted octanol–water partition coefficient (Wildman–Crippen LogP) is -5.19. The molecule has 1 aliphatic rings. The fraction of sp³-hybridized carbons (Fsp3) is 0.462. The molecule has 0 aromatic carbocycles. The van der Waals surface area contributed by atoms with Crippen LogP contribution in [0.1, 0.15) is 5.69 Å². The molecule has 2 unspecified atom stereocenters. The molecule has 2 rings (SSSR count). The van der Waals surface area contributed by atoms with Gasteiger partial charge in [-0.15, -0.1) is 22.9 Å². The minimum absolute atomic E-state index is 0. The first-order valence-corrected chi connectivity index (χ1v) is 12.7. The molecule has 1 aromatic rings.